The van der Waals surface area contributed by atoms with Crippen LogP contribution in [0.5, 0.6) is 0 Å². The topological polar surface area (TPSA) is 92.3 Å². The molecule has 0 spiro atoms. The quantitative estimate of drug-likeness (QED) is 0.637. The van der Waals surface area contributed by atoms with Crippen LogP contribution in [0, 0.1) is 17.2 Å². The van der Waals surface area contributed by atoms with Crippen molar-refractivity contribution >= 4 is 33.6 Å². The Morgan fingerprint density at radius 3 is 2.62 bits per heavy atom. The molecule has 150 valence electrons. The van der Waals surface area contributed by atoms with Crippen LogP contribution >= 0.6 is 0 Å². The number of ether oxygens (including phenoxy) is 1. The standard InChI is InChI=1S/C23H24N2O4/c1-14(2)23(4,13-24)25-22(27)15(3)29-20(26)11-17-12-28-19-10-9-16-7-5-6-8-18(16)21(17)19/h5-10,12,14-15H,11H2,1-4H3,(H,25,27)/t15-,23-/m0/s1. The first-order valence-electron chi connectivity index (χ1n) is 9.55. The van der Waals surface area contributed by atoms with Gasteiger partial charge in [0.2, 0.25) is 0 Å². The van der Waals surface area contributed by atoms with Crippen molar-refractivity contribution in [1.29, 1.82) is 5.26 Å². The molecule has 29 heavy (non-hydrogen) atoms. The molecule has 0 fully saturated rings. The maximum absolute atomic E-state index is 12.5. The molecule has 0 saturated carbocycles. The molecule has 6 heteroatoms. The third-order valence-electron chi connectivity index (χ3n) is 5.32. The summed E-state index contributed by atoms with van der Waals surface area (Å²) in [4.78, 5) is 24.9. The van der Waals surface area contributed by atoms with Crippen LogP contribution in [0.4, 0.5) is 0 Å². The van der Waals surface area contributed by atoms with Gasteiger partial charge in [-0.05, 0) is 36.6 Å². The van der Waals surface area contributed by atoms with Crippen molar-refractivity contribution in [2.24, 2.45) is 5.92 Å². The van der Waals surface area contributed by atoms with Crippen molar-refractivity contribution in [3.05, 3.63) is 48.2 Å². The lowest BCUT2D eigenvalue weighted by Crippen LogP contribution is -2.52. The smallest absolute Gasteiger partial charge is 0.311 e. The van der Waals surface area contributed by atoms with Gasteiger partial charge in [-0.2, -0.15) is 5.26 Å². The van der Waals surface area contributed by atoms with Gasteiger partial charge >= 0.3 is 5.97 Å². The summed E-state index contributed by atoms with van der Waals surface area (Å²) in [6.07, 6.45) is 0.524. The lowest BCUT2D eigenvalue weighted by molar-refractivity contribution is -0.154. The summed E-state index contributed by atoms with van der Waals surface area (Å²) in [5.74, 6) is -1.13. The summed E-state index contributed by atoms with van der Waals surface area (Å²) in [6, 6.07) is 13.8. The molecule has 2 aromatic carbocycles. The summed E-state index contributed by atoms with van der Waals surface area (Å²) >= 11 is 0. The SMILES string of the molecule is CC(C)[C@](C)(C#N)NC(=O)[C@H](C)OC(=O)Cc1coc2ccc3ccccc3c12. The van der Waals surface area contributed by atoms with E-state index in [9.17, 15) is 14.9 Å². The minimum absolute atomic E-state index is 0.0155. The van der Waals surface area contributed by atoms with Crippen molar-refractivity contribution in [1.82, 2.24) is 5.32 Å². The van der Waals surface area contributed by atoms with Crippen LogP contribution in [0.25, 0.3) is 21.7 Å². The highest BCUT2D eigenvalue weighted by atomic mass is 16.5. The average Bonchev–Trinajstić information content (AvgIpc) is 3.10. The number of amides is 1. The van der Waals surface area contributed by atoms with E-state index in [2.05, 4.69) is 11.4 Å². The second kappa shape index (κ2) is 7.96. The van der Waals surface area contributed by atoms with E-state index in [-0.39, 0.29) is 12.3 Å². The number of fused-ring (bicyclic) bond motifs is 3. The maximum Gasteiger partial charge on any atom is 0.311 e. The Labute approximate surface area is 169 Å². The van der Waals surface area contributed by atoms with Crippen molar-refractivity contribution in [2.75, 3.05) is 0 Å². The fraction of sp³-hybridized carbons (Fsp3) is 0.348. The summed E-state index contributed by atoms with van der Waals surface area (Å²) in [5, 5.41) is 14.9. The molecule has 3 aromatic rings. The number of rotatable bonds is 6. The van der Waals surface area contributed by atoms with Crippen LogP contribution in [-0.2, 0) is 20.7 Å². The third kappa shape index (κ3) is 4.09. The zero-order chi connectivity index (χ0) is 21.2. The van der Waals surface area contributed by atoms with Crippen LogP contribution in [0.3, 0.4) is 0 Å². The number of carbonyl (C=O) groups excluding carboxylic acids is 2. The van der Waals surface area contributed by atoms with E-state index in [1.807, 2.05) is 50.2 Å². The molecule has 0 bridgehead atoms. The lowest BCUT2D eigenvalue weighted by atomic mass is 9.90. The molecule has 1 amide bonds. The van der Waals surface area contributed by atoms with Crippen molar-refractivity contribution < 1.29 is 18.7 Å². The second-order valence-corrected chi connectivity index (χ2v) is 7.69. The fourth-order valence-corrected chi connectivity index (χ4v) is 3.11. The predicted molar refractivity (Wildman–Crippen MR) is 110 cm³/mol. The molecule has 0 aliphatic heterocycles. The first-order valence-corrected chi connectivity index (χ1v) is 9.55. The van der Waals surface area contributed by atoms with E-state index in [0.717, 1.165) is 16.2 Å². The second-order valence-electron chi connectivity index (χ2n) is 7.69. The van der Waals surface area contributed by atoms with Crippen LogP contribution in [0.1, 0.15) is 33.3 Å². The van der Waals surface area contributed by atoms with E-state index in [1.54, 1.807) is 13.2 Å². The summed E-state index contributed by atoms with van der Waals surface area (Å²) < 4.78 is 10.9. The van der Waals surface area contributed by atoms with E-state index in [4.69, 9.17) is 9.15 Å². The summed E-state index contributed by atoms with van der Waals surface area (Å²) in [5.41, 5.74) is 0.370. The van der Waals surface area contributed by atoms with Gasteiger partial charge in [0.15, 0.2) is 6.10 Å². The van der Waals surface area contributed by atoms with E-state index < -0.39 is 23.5 Å². The Morgan fingerprint density at radius 1 is 1.21 bits per heavy atom. The van der Waals surface area contributed by atoms with E-state index in [0.29, 0.717) is 11.1 Å². The fourth-order valence-electron chi connectivity index (χ4n) is 3.11. The number of nitrogens with one attached hydrogen (secondary N) is 1. The van der Waals surface area contributed by atoms with Gasteiger partial charge in [0, 0.05) is 10.9 Å². The number of benzene rings is 2. The van der Waals surface area contributed by atoms with Crippen LogP contribution in [0.2, 0.25) is 0 Å². The van der Waals surface area contributed by atoms with Gasteiger partial charge in [-0.15, -0.1) is 0 Å². The number of hydrogen-bond acceptors (Lipinski definition) is 5. The molecule has 2 atom stereocenters. The Hall–Kier alpha value is -3.33. The highest BCUT2D eigenvalue weighted by Gasteiger charge is 2.32. The van der Waals surface area contributed by atoms with E-state index in [1.165, 1.54) is 6.92 Å². The molecule has 0 radical (unpaired) electrons. The van der Waals surface area contributed by atoms with Crippen LogP contribution in [0.15, 0.2) is 47.1 Å². The van der Waals surface area contributed by atoms with Crippen molar-refractivity contribution in [2.45, 2.75) is 45.8 Å². The normalized spacial score (nSPS) is 14.3. The number of furan rings is 1. The van der Waals surface area contributed by atoms with Crippen LogP contribution < -0.4 is 5.32 Å². The third-order valence-corrected chi connectivity index (χ3v) is 5.32. The molecule has 3 rings (SSSR count). The number of nitriles is 1. The predicted octanol–water partition coefficient (Wildman–Crippen LogP) is 4.11. The molecule has 1 N–H and O–H groups in total. The van der Waals surface area contributed by atoms with Gasteiger partial charge in [-0.25, -0.2) is 0 Å². The largest absolute Gasteiger partial charge is 0.464 e. The zero-order valence-electron chi connectivity index (χ0n) is 17.0. The van der Waals surface area contributed by atoms with Gasteiger partial charge in [-0.3, -0.25) is 9.59 Å². The average molecular weight is 392 g/mol. The molecule has 6 nitrogen and oxygen atoms in total. The molecule has 1 heterocycles. The maximum atomic E-state index is 12.5. The van der Waals surface area contributed by atoms with Crippen molar-refractivity contribution in [3.63, 3.8) is 0 Å². The van der Waals surface area contributed by atoms with Crippen LogP contribution in [-0.4, -0.2) is 23.5 Å². The summed E-state index contributed by atoms with van der Waals surface area (Å²) in [6.45, 7) is 6.82. The highest BCUT2D eigenvalue weighted by molar-refractivity contribution is 6.08. The molecule has 1 aromatic heterocycles. The van der Waals surface area contributed by atoms with Gasteiger partial charge in [0.05, 0.1) is 18.8 Å². The highest BCUT2D eigenvalue weighted by Crippen LogP contribution is 2.30. The first-order chi connectivity index (χ1) is 13.7. The zero-order valence-corrected chi connectivity index (χ0v) is 17.0. The van der Waals surface area contributed by atoms with Gasteiger partial charge < -0.3 is 14.5 Å². The Bertz CT molecular complexity index is 1110. The number of esters is 1. The number of carbonyl (C=O) groups is 2. The number of hydrogen-bond donors (Lipinski definition) is 1. The molecule has 0 unspecified atom stereocenters. The molecule has 0 aliphatic carbocycles. The minimum atomic E-state index is -1.03. The van der Waals surface area contributed by atoms with E-state index >= 15 is 0 Å². The summed E-state index contributed by atoms with van der Waals surface area (Å²) in [7, 11) is 0. The monoisotopic (exact) mass is 392 g/mol. The van der Waals surface area contributed by atoms with Gasteiger partial charge in [0.1, 0.15) is 11.1 Å². The molecular weight excluding hydrogens is 368 g/mol. The molecule has 0 saturated heterocycles. The number of nitrogens with zero attached hydrogens (tertiary/aromatic N) is 1. The molecule has 0 aliphatic rings. The van der Waals surface area contributed by atoms with Gasteiger partial charge in [0.25, 0.3) is 5.91 Å². The Morgan fingerprint density at radius 2 is 1.93 bits per heavy atom. The Kier molecular flexibility index (Phi) is 5.60. The first kappa shape index (κ1) is 20.4. The lowest BCUT2D eigenvalue weighted by Gasteiger charge is -2.28. The van der Waals surface area contributed by atoms with Gasteiger partial charge in [-0.1, -0.05) is 44.2 Å². The minimum Gasteiger partial charge on any atom is -0.464 e. The van der Waals surface area contributed by atoms with Crippen molar-refractivity contribution in [3.8, 4) is 6.07 Å². The molecular formula is C23H24N2O4. The Balaban J connectivity index is 1.74.